The van der Waals surface area contributed by atoms with Crippen LogP contribution >= 0.6 is 24.0 Å². The van der Waals surface area contributed by atoms with Gasteiger partial charge in [0.2, 0.25) is 0 Å². The summed E-state index contributed by atoms with van der Waals surface area (Å²) >= 11 is 0. The van der Waals surface area contributed by atoms with Gasteiger partial charge in [0.15, 0.2) is 5.96 Å². The highest BCUT2D eigenvalue weighted by Crippen LogP contribution is 2.28. The summed E-state index contributed by atoms with van der Waals surface area (Å²) < 4.78 is 12.7. The van der Waals surface area contributed by atoms with Gasteiger partial charge in [0.05, 0.1) is 0 Å². The van der Waals surface area contributed by atoms with Crippen molar-refractivity contribution in [2.45, 2.75) is 25.8 Å². The highest BCUT2D eigenvalue weighted by atomic mass is 127. The predicted molar refractivity (Wildman–Crippen MR) is 87.6 cm³/mol. The molecule has 3 nitrogen and oxygen atoms in total. The van der Waals surface area contributed by atoms with E-state index in [0.29, 0.717) is 6.04 Å². The molecule has 0 aliphatic heterocycles. The fraction of sp³-hybridized carbons (Fsp3) is 0.500. The number of hydrogen-bond acceptors (Lipinski definition) is 1. The zero-order chi connectivity index (χ0) is 13.0. The zero-order valence-corrected chi connectivity index (χ0v) is 13.6. The number of nitrogens with one attached hydrogen (secondary N) is 2. The van der Waals surface area contributed by atoms with E-state index in [1.807, 2.05) is 12.1 Å². The van der Waals surface area contributed by atoms with Gasteiger partial charge in [-0.25, -0.2) is 4.39 Å². The summed E-state index contributed by atoms with van der Waals surface area (Å²) in [5, 5.41) is 6.63. The van der Waals surface area contributed by atoms with E-state index in [1.165, 1.54) is 18.6 Å². The van der Waals surface area contributed by atoms with Crippen molar-refractivity contribution >= 4 is 29.9 Å². The monoisotopic (exact) mass is 377 g/mol. The van der Waals surface area contributed by atoms with E-state index in [1.54, 1.807) is 7.05 Å². The Morgan fingerprint density at radius 1 is 1.37 bits per heavy atom. The number of benzene rings is 1. The fourth-order valence-electron chi connectivity index (χ4n) is 1.87. The minimum atomic E-state index is -0.188. The van der Waals surface area contributed by atoms with Crippen molar-refractivity contribution in [3.05, 3.63) is 35.6 Å². The second-order valence-electron chi connectivity index (χ2n) is 4.84. The predicted octanol–water partition coefficient (Wildman–Crippen LogP) is 2.56. The van der Waals surface area contributed by atoms with Crippen LogP contribution in [0, 0.1) is 11.7 Å². The molecule has 106 valence electrons. The molecule has 5 heteroatoms. The van der Waals surface area contributed by atoms with Gasteiger partial charge in [0.25, 0.3) is 0 Å². The average molecular weight is 377 g/mol. The number of nitrogens with zero attached hydrogens (tertiary/aromatic N) is 1. The molecule has 0 bridgehead atoms. The minimum absolute atomic E-state index is 0. The molecule has 0 heterocycles. The summed E-state index contributed by atoms with van der Waals surface area (Å²) in [5.74, 6) is 1.42. The molecule has 1 aliphatic rings. The Morgan fingerprint density at radius 2 is 2.00 bits per heavy atom. The van der Waals surface area contributed by atoms with Crippen LogP contribution in [-0.2, 0) is 6.42 Å². The molecule has 2 atom stereocenters. The van der Waals surface area contributed by atoms with E-state index in [0.717, 1.165) is 30.4 Å². The van der Waals surface area contributed by atoms with Gasteiger partial charge in [-0.3, -0.25) is 4.99 Å². The van der Waals surface area contributed by atoms with Crippen LogP contribution < -0.4 is 10.6 Å². The molecular weight excluding hydrogens is 356 g/mol. The SMILES string of the molecule is CN=C(NCCc1ccc(F)cc1)NC1CC1C.I. The molecule has 19 heavy (non-hydrogen) atoms. The first kappa shape index (κ1) is 16.2. The average Bonchev–Trinajstić information content (AvgIpc) is 3.06. The molecule has 1 aromatic carbocycles. The highest BCUT2D eigenvalue weighted by Gasteiger charge is 2.33. The number of aliphatic imine (C=N–C) groups is 1. The van der Waals surface area contributed by atoms with Crippen LogP contribution in [0.5, 0.6) is 0 Å². The van der Waals surface area contributed by atoms with Crippen molar-refractivity contribution < 1.29 is 4.39 Å². The lowest BCUT2D eigenvalue weighted by atomic mass is 10.1. The first-order valence-corrected chi connectivity index (χ1v) is 6.40. The van der Waals surface area contributed by atoms with Crippen LogP contribution in [0.25, 0.3) is 0 Å². The van der Waals surface area contributed by atoms with E-state index >= 15 is 0 Å². The van der Waals surface area contributed by atoms with E-state index in [4.69, 9.17) is 0 Å². The summed E-state index contributed by atoms with van der Waals surface area (Å²) in [4.78, 5) is 4.18. The van der Waals surface area contributed by atoms with E-state index in [-0.39, 0.29) is 29.8 Å². The standard InChI is InChI=1S/C14H20FN3.HI/c1-10-9-13(10)18-14(16-2)17-8-7-11-3-5-12(15)6-4-11;/h3-6,10,13H,7-9H2,1-2H3,(H2,16,17,18);1H. The van der Waals surface area contributed by atoms with Crippen LogP contribution in [0.3, 0.4) is 0 Å². The second kappa shape index (κ2) is 7.67. The molecular formula is C14H21FIN3. The van der Waals surface area contributed by atoms with Crippen LogP contribution in [-0.4, -0.2) is 25.6 Å². The summed E-state index contributed by atoms with van der Waals surface area (Å²) in [6.45, 7) is 3.02. The third-order valence-corrected chi connectivity index (χ3v) is 3.27. The quantitative estimate of drug-likeness (QED) is 0.481. The molecule has 0 spiro atoms. The molecule has 1 aromatic rings. The largest absolute Gasteiger partial charge is 0.356 e. The molecule has 0 saturated heterocycles. The van der Waals surface area contributed by atoms with Crippen molar-refractivity contribution in [1.29, 1.82) is 0 Å². The number of guanidine groups is 1. The van der Waals surface area contributed by atoms with Gasteiger partial charge in [-0.2, -0.15) is 0 Å². The molecule has 1 saturated carbocycles. The Kier molecular flexibility index (Phi) is 6.54. The first-order chi connectivity index (χ1) is 8.69. The van der Waals surface area contributed by atoms with Crippen molar-refractivity contribution in [2.24, 2.45) is 10.9 Å². The van der Waals surface area contributed by atoms with E-state index in [9.17, 15) is 4.39 Å². The molecule has 2 N–H and O–H groups in total. The van der Waals surface area contributed by atoms with Crippen LogP contribution in [0.2, 0.25) is 0 Å². The second-order valence-corrected chi connectivity index (χ2v) is 4.84. The maximum atomic E-state index is 12.7. The smallest absolute Gasteiger partial charge is 0.191 e. The maximum absolute atomic E-state index is 12.7. The Bertz CT molecular complexity index is 419. The maximum Gasteiger partial charge on any atom is 0.191 e. The molecule has 0 radical (unpaired) electrons. The van der Waals surface area contributed by atoms with Gasteiger partial charge in [0.1, 0.15) is 5.82 Å². The minimum Gasteiger partial charge on any atom is -0.356 e. The molecule has 0 aromatic heterocycles. The molecule has 1 fully saturated rings. The van der Waals surface area contributed by atoms with Crippen molar-refractivity contribution in [3.8, 4) is 0 Å². The lowest BCUT2D eigenvalue weighted by Crippen LogP contribution is -2.39. The van der Waals surface area contributed by atoms with Crippen LogP contribution in [0.4, 0.5) is 4.39 Å². The summed E-state index contributed by atoms with van der Waals surface area (Å²) in [5.41, 5.74) is 1.12. The lowest BCUT2D eigenvalue weighted by Gasteiger charge is -2.11. The Hall–Kier alpha value is -0.850. The fourth-order valence-corrected chi connectivity index (χ4v) is 1.87. The molecule has 1 aliphatic carbocycles. The van der Waals surface area contributed by atoms with Gasteiger partial charge in [-0.1, -0.05) is 19.1 Å². The Labute approximate surface area is 131 Å². The third kappa shape index (κ3) is 5.34. The number of hydrogen-bond donors (Lipinski definition) is 2. The summed E-state index contributed by atoms with van der Waals surface area (Å²) in [7, 11) is 1.78. The normalized spacial score (nSPS) is 21.5. The van der Waals surface area contributed by atoms with Crippen molar-refractivity contribution in [2.75, 3.05) is 13.6 Å². The molecule has 2 unspecified atom stereocenters. The Morgan fingerprint density at radius 3 is 2.53 bits per heavy atom. The first-order valence-electron chi connectivity index (χ1n) is 6.40. The van der Waals surface area contributed by atoms with Gasteiger partial charge >= 0.3 is 0 Å². The van der Waals surface area contributed by atoms with E-state index < -0.39 is 0 Å². The molecule has 0 amide bonds. The van der Waals surface area contributed by atoms with Gasteiger partial charge in [0, 0.05) is 19.6 Å². The molecule has 2 rings (SSSR count). The van der Waals surface area contributed by atoms with Crippen LogP contribution in [0.15, 0.2) is 29.3 Å². The van der Waals surface area contributed by atoms with Crippen molar-refractivity contribution in [3.63, 3.8) is 0 Å². The highest BCUT2D eigenvalue weighted by molar-refractivity contribution is 14.0. The van der Waals surface area contributed by atoms with Crippen LogP contribution in [0.1, 0.15) is 18.9 Å². The summed E-state index contributed by atoms with van der Waals surface area (Å²) in [6.07, 6.45) is 2.08. The third-order valence-electron chi connectivity index (χ3n) is 3.27. The topological polar surface area (TPSA) is 36.4 Å². The van der Waals surface area contributed by atoms with Crippen molar-refractivity contribution in [1.82, 2.24) is 10.6 Å². The van der Waals surface area contributed by atoms with Gasteiger partial charge in [-0.15, -0.1) is 24.0 Å². The number of halogens is 2. The van der Waals surface area contributed by atoms with Gasteiger partial charge in [-0.05, 0) is 36.5 Å². The van der Waals surface area contributed by atoms with E-state index in [2.05, 4.69) is 22.5 Å². The van der Waals surface area contributed by atoms with Gasteiger partial charge < -0.3 is 10.6 Å². The summed E-state index contributed by atoms with van der Waals surface area (Å²) in [6, 6.07) is 7.19. The zero-order valence-electron chi connectivity index (χ0n) is 11.3. The number of rotatable bonds is 4. The lowest BCUT2D eigenvalue weighted by molar-refractivity contribution is 0.626. The Balaban J connectivity index is 0.00000180.